The lowest BCUT2D eigenvalue weighted by molar-refractivity contribution is -0.118. The van der Waals surface area contributed by atoms with Crippen molar-refractivity contribution in [1.82, 2.24) is 9.80 Å². The molecule has 0 aliphatic carbocycles. The molecule has 3 heterocycles. The minimum Gasteiger partial charge on any atom is -0.450 e. The second kappa shape index (κ2) is 7.27. The number of carbonyl (C=O) groups is 2. The third kappa shape index (κ3) is 3.30. The van der Waals surface area contributed by atoms with E-state index in [-0.39, 0.29) is 12.0 Å². The van der Waals surface area contributed by atoms with Gasteiger partial charge in [0.05, 0.1) is 19.1 Å². The number of likely N-dealkylation sites (tertiary alicyclic amines) is 2. The van der Waals surface area contributed by atoms with Crippen LogP contribution in [0.25, 0.3) is 0 Å². The summed E-state index contributed by atoms with van der Waals surface area (Å²) in [6.45, 7) is 6.84. The molecule has 0 N–H and O–H groups in total. The number of nitrogens with zero attached hydrogens (tertiary/aromatic N) is 3. The summed E-state index contributed by atoms with van der Waals surface area (Å²) in [5, 5.41) is 0. The number of hydrogen-bond acceptors (Lipinski definition) is 4. The van der Waals surface area contributed by atoms with E-state index in [1.807, 2.05) is 28.9 Å². The SMILES string of the molecule is CCOC(=O)N1CCC(CN2CC(N3C(=O)Cc4ccccc43)C2)CC1. The van der Waals surface area contributed by atoms with Gasteiger partial charge in [-0.25, -0.2) is 4.79 Å². The quantitative estimate of drug-likeness (QED) is 0.828. The number of fused-ring (bicyclic) bond motifs is 1. The Labute approximate surface area is 154 Å². The van der Waals surface area contributed by atoms with E-state index in [0.717, 1.165) is 56.8 Å². The number of ether oxygens (including phenoxy) is 1. The predicted octanol–water partition coefficient (Wildman–Crippen LogP) is 2.13. The van der Waals surface area contributed by atoms with Crippen molar-refractivity contribution in [3.8, 4) is 0 Å². The van der Waals surface area contributed by atoms with E-state index in [2.05, 4.69) is 17.0 Å². The van der Waals surface area contributed by atoms with Crippen molar-refractivity contribution in [3.05, 3.63) is 29.8 Å². The molecule has 0 bridgehead atoms. The Morgan fingerprint density at radius 2 is 1.92 bits per heavy atom. The monoisotopic (exact) mass is 357 g/mol. The van der Waals surface area contributed by atoms with Crippen LogP contribution in [0.1, 0.15) is 25.3 Å². The van der Waals surface area contributed by atoms with Crippen LogP contribution in [-0.4, -0.2) is 67.2 Å². The second-order valence-corrected chi connectivity index (χ2v) is 7.57. The van der Waals surface area contributed by atoms with E-state index in [4.69, 9.17) is 4.74 Å². The Kier molecular flexibility index (Phi) is 4.85. The van der Waals surface area contributed by atoms with Crippen LogP contribution in [0.4, 0.5) is 10.5 Å². The molecule has 3 aliphatic rings. The molecule has 0 unspecified atom stereocenters. The zero-order valence-electron chi connectivity index (χ0n) is 15.4. The number of carbonyl (C=O) groups excluding carboxylic acids is 2. The van der Waals surface area contributed by atoms with Crippen molar-refractivity contribution in [1.29, 1.82) is 0 Å². The van der Waals surface area contributed by atoms with Gasteiger partial charge in [-0.05, 0) is 37.3 Å². The maximum Gasteiger partial charge on any atom is 0.409 e. The third-order valence-electron chi connectivity index (χ3n) is 5.82. The molecule has 3 aliphatic heterocycles. The standard InChI is InChI=1S/C20H27N3O3/c1-2-26-20(25)22-9-7-15(8-10-22)12-21-13-17(14-21)23-18-6-4-3-5-16(18)11-19(23)24/h3-6,15,17H,2,7-14H2,1H3. The summed E-state index contributed by atoms with van der Waals surface area (Å²) in [4.78, 5) is 30.4. The first-order valence-corrected chi connectivity index (χ1v) is 9.69. The van der Waals surface area contributed by atoms with Gasteiger partial charge in [-0.3, -0.25) is 9.69 Å². The van der Waals surface area contributed by atoms with E-state index < -0.39 is 0 Å². The fraction of sp³-hybridized carbons (Fsp3) is 0.600. The van der Waals surface area contributed by atoms with Gasteiger partial charge in [-0.2, -0.15) is 0 Å². The molecular formula is C20H27N3O3. The summed E-state index contributed by atoms with van der Waals surface area (Å²) < 4.78 is 5.08. The molecule has 0 atom stereocenters. The molecule has 6 heteroatoms. The number of benzene rings is 1. The number of para-hydroxylation sites is 1. The van der Waals surface area contributed by atoms with Crippen molar-refractivity contribution in [2.45, 2.75) is 32.2 Å². The van der Waals surface area contributed by atoms with Crippen LogP contribution in [0.5, 0.6) is 0 Å². The molecule has 0 radical (unpaired) electrons. The second-order valence-electron chi connectivity index (χ2n) is 7.57. The maximum atomic E-state index is 12.4. The highest BCUT2D eigenvalue weighted by atomic mass is 16.6. The van der Waals surface area contributed by atoms with Gasteiger partial charge in [0.2, 0.25) is 5.91 Å². The van der Waals surface area contributed by atoms with Gasteiger partial charge in [-0.1, -0.05) is 18.2 Å². The summed E-state index contributed by atoms with van der Waals surface area (Å²) in [5.74, 6) is 0.863. The summed E-state index contributed by atoms with van der Waals surface area (Å²) in [7, 11) is 0. The van der Waals surface area contributed by atoms with E-state index in [1.165, 1.54) is 0 Å². The Morgan fingerprint density at radius 3 is 2.65 bits per heavy atom. The van der Waals surface area contributed by atoms with E-state index in [0.29, 0.717) is 25.0 Å². The highest BCUT2D eigenvalue weighted by molar-refractivity contribution is 6.02. The molecule has 2 amide bonds. The zero-order chi connectivity index (χ0) is 18.1. The molecule has 0 aromatic heterocycles. The predicted molar refractivity (Wildman–Crippen MR) is 99.2 cm³/mol. The molecule has 0 saturated carbocycles. The zero-order valence-corrected chi connectivity index (χ0v) is 15.4. The van der Waals surface area contributed by atoms with Crippen molar-refractivity contribution < 1.29 is 14.3 Å². The van der Waals surface area contributed by atoms with E-state index >= 15 is 0 Å². The highest BCUT2D eigenvalue weighted by Crippen LogP contribution is 2.33. The molecule has 0 spiro atoms. The van der Waals surface area contributed by atoms with Gasteiger partial charge in [0.1, 0.15) is 0 Å². The molecule has 4 rings (SSSR count). The van der Waals surface area contributed by atoms with Gasteiger partial charge in [0.15, 0.2) is 0 Å². The minimum atomic E-state index is -0.179. The van der Waals surface area contributed by atoms with Crippen LogP contribution in [0.15, 0.2) is 24.3 Å². The molecule has 140 valence electrons. The summed E-state index contributed by atoms with van der Waals surface area (Å²) in [6.07, 6.45) is 2.43. The summed E-state index contributed by atoms with van der Waals surface area (Å²) in [6, 6.07) is 8.45. The largest absolute Gasteiger partial charge is 0.450 e. The Bertz CT molecular complexity index is 679. The van der Waals surface area contributed by atoms with E-state index in [9.17, 15) is 9.59 Å². The highest BCUT2D eigenvalue weighted by Gasteiger charge is 2.40. The molecule has 1 aromatic carbocycles. The fourth-order valence-electron chi connectivity index (χ4n) is 4.41. The first-order valence-electron chi connectivity index (χ1n) is 9.69. The van der Waals surface area contributed by atoms with Crippen molar-refractivity contribution in [3.63, 3.8) is 0 Å². The molecule has 2 saturated heterocycles. The number of hydrogen-bond donors (Lipinski definition) is 0. The van der Waals surface area contributed by atoms with Crippen LogP contribution in [0.3, 0.4) is 0 Å². The topological polar surface area (TPSA) is 53.1 Å². The number of rotatable bonds is 4. The van der Waals surface area contributed by atoms with Crippen LogP contribution in [-0.2, 0) is 16.0 Å². The van der Waals surface area contributed by atoms with E-state index in [1.54, 1.807) is 0 Å². The Hall–Kier alpha value is -2.08. The lowest BCUT2D eigenvalue weighted by atomic mass is 9.94. The van der Waals surface area contributed by atoms with Gasteiger partial charge in [0.25, 0.3) is 0 Å². The third-order valence-corrected chi connectivity index (χ3v) is 5.82. The lowest BCUT2D eigenvalue weighted by Crippen LogP contribution is -2.61. The van der Waals surface area contributed by atoms with Crippen LogP contribution in [0, 0.1) is 5.92 Å². The van der Waals surface area contributed by atoms with Gasteiger partial charge < -0.3 is 14.5 Å². The Morgan fingerprint density at radius 1 is 1.19 bits per heavy atom. The minimum absolute atomic E-state index is 0.179. The Balaban J connectivity index is 1.24. The average Bonchev–Trinajstić information content (AvgIpc) is 2.94. The molecule has 1 aromatic rings. The van der Waals surface area contributed by atoms with Crippen molar-refractivity contribution >= 4 is 17.7 Å². The first kappa shape index (κ1) is 17.3. The van der Waals surface area contributed by atoms with Crippen molar-refractivity contribution in [2.24, 2.45) is 5.92 Å². The average molecular weight is 357 g/mol. The normalized spacial score (nSPS) is 21.7. The van der Waals surface area contributed by atoms with Gasteiger partial charge in [0, 0.05) is 38.4 Å². The molecular weight excluding hydrogens is 330 g/mol. The maximum absolute atomic E-state index is 12.4. The first-order chi connectivity index (χ1) is 12.7. The number of piperidine rings is 1. The smallest absolute Gasteiger partial charge is 0.409 e. The van der Waals surface area contributed by atoms with Crippen LogP contribution < -0.4 is 4.90 Å². The molecule has 26 heavy (non-hydrogen) atoms. The van der Waals surface area contributed by atoms with Crippen molar-refractivity contribution in [2.75, 3.05) is 44.2 Å². The van der Waals surface area contributed by atoms with Crippen LogP contribution >= 0.6 is 0 Å². The lowest BCUT2D eigenvalue weighted by Gasteiger charge is -2.46. The summed E-state index contributed by atoms with van der Waals surface area (Å²) in [5.41, 5.74) is 2.26. The van der Waals surface area contributed by atoms with Gasteiger partial charge >= 0.3 is 6.09 Å². The number of amides is 2. The van der Waals surface area contributed by atoms with Crippen LogP contribution in [0.2, 0.25) is 0 Å². The summed E-state index contributed by atoms with van der Waals surface area (Å²) >= 11 is 0. The van der Waals surface area contributed by atoms with Gasteiger partial charge in [-0.15, -0.1) is 0 Å². The number of anilines is 1. The molecule has 6 nitrogen and oxygen atoms in total. The molecule has 2 fully saturated rings. The fourth-order valence-corrected chi connectivity index (χ4v) is 4.41.